The molecule has 0 aliphatic rings. The number of rotatable bonds is 6. The number of ether oxygens (including phenoxy) is 1. The van der Waals surface area contributed by atoms with Gasteiger partial charge < -0.3 is 9.84 Å². The molecule has 0 aliphatic heterocycles. The number of nitrogens with one attached hydrogen (secondary N) is 1. The Bertz CT molecular complexity index is 1000. The third kappa shape index (κ3) is 3.89. The molecule has 0 saturated carbocycles. The highest BCUT2D eigenvalue weighted by Gasteiger charge is 2.15. The van der Waals surface area contributed by atoms with Crippen molar-refractivity contribution >= 4 is 15.7 Å². The van der Waals surface area contributed by atoms with Crippen molar-refractivity contribution in [1.82, 2.24) is 4.98 Å². The van der Waals surface area contributed by atoms with Crippen molar-refractivity contribution in [3.63, 3.8) is 0 Å². The number of pyridine rings is 1. The number of aromatic carboxylic acids is 1. The molecule has 26 heavy (non-hydrogen) atoms. The van der Waals surface area contributed by atoms with Gasteiger partial charge in [0.2, 0.25) is 5.88 Å². The fourth-order valence-electron chi connectivity index (χ4n) is 2.28. The van der Waals surface area contributed by atoms with Gasteiger partial charge in [0.15, 0.2) is 0 Å². The van der Waals surface area contributed by atoms with Crippen LogP contribution in [0.5, 0.6) is 5.88 Å². The van der Waals surface area contributed by atoms with Crippen molar-refractivity contribution in [3.05, 3.63) is 84.1 Å². The minimum Gasteiger partial charge on any atom is -0.478 e. The largest absolute Gasteiger partial charge is 0.478 e. The summed E-state index contributed by atoms with van der Waals surface area (Å²) in [4.78, 5) is 15.5. The van der Waals surface area contributed by atoms with Gasteiger partial charge in [0.05, 0.1) is 15.4 Å². The van der Waals surface area contributed by atoms with Crippen LogP contribution in [-0.4, -0.2) is 20.3 Å². The van der Waals surface area contributed by atoms with Gasteiger partial charge in [0, 0.05) is 12.3 Å². The Hall–Kier alpha value is -3.19. The first-order valence-corrected chi connectivity index (χ1v) is 9.27. The second-order valence-electron chi connectivity index (χ2n) is 5.49. The third-order valence-corrected chi connectivity index (χ3v) is 5.55. The summed E-state index contributed by atoms with van der Waals surface area (Å²) in [6.45, 7) is 0.361. The first-order chi connectivity index (χ1) is 12.5. The number of nitrogens with zero attached hydrogens (tertiary/aromatic N) is 1. The molecule has 0 bridgehead atoms. The number of carbonyl (C=O) groups is 1. The van der Waals surface area contributed by atoms with Crippen molar-refractivity contribution < 1.29 is 18.8 Å². The first-order valence-electron chi connectivity index (χ1n) is 7.72. The highest BCUT2D eigenvalue weighted by Crippen LogP contribution is 2.23. The van der Waals surface area contributed by atoms with Crippen LogP contribution in [0.25, 0.3) is 0 Å². The Morgan fingerprint density at radius 3 is 2.23 bits per heavy atom. The van der Waals surface area contributed by atoms with Crippen molar-refractivity contribution in [2.75, 3.05) is 0 Å². The average molecular weight is 368 g/mol. The van der Waals surface area contributed by atoms with Gasteiger partial charge in [0.1, 0.15) is 16.3 Å². The van der Waals surface area contributed by atoms with E-state index in [0.29, 0.717) is 12.5 Å². The number of aromatic nitrogens is 1. The van der Waals surface area contributed by atoms with Gasteiger partial charge in [-0.1, -0.05) is 30.3 Å². The molecule has 3 rings (SSSR count). The van der Waals surface area contributed by atoms with Crippen LogP contribution in [0.1, 0.15) is 15.9 Å². The van der Waals surface area contributed by atoms with Gasteiger partial charge in [-0.3, -0.25) is 0 Å². The number of benzene rings is 2. The summed E-state index contributed by atoms with van der Waals surface area (Å²) < 4.78 is 26.6. The molecule has 0 amide bonds. The molecule has 1 atom stereocenters. The molecular weight excluding hydrogens is 352 g/mol. The summed E-state index contributed by atoms with van der Waals surface area (Å²) in [5.41, 5.74) is 1.08. The predicted molar refractivity (Wildman–Crippen MR) is 95.8 cm³/mol. The summed E-state index contributed by atoms with van der Waals surface area (Å²) in [6, 6.07) is 18.2. The molecule has 0 aliphatic carbocycles. The van der Waals surface area contributed by atoms with E-state index in [1.807, 2.05) is 30.3 Å². The molecule has 1 unspecified atom stereocenters. The highest BCUT2D eigenvalue weighted by atomic mass is 32.2. The fraction of sp³-hybridized carbons (Fsp3) is 0.0526. The maximum Gasteiger partial charge on any atom is 0.335 e. The van der Waals surface area contributed by atoms with E-state index in [4.69, 9.17) is 14.6 Å². The van der Waals surface area contributed by atoms with Gasteiger partial charge in [0.25, 0.3) is 0 Å². The molecule has 6 nitrogen and oxygen atoms in total. The van der Waals surface area contributed by atoms with E-state index >= 15 is 0 Å². The fourth-order valence-corrected chi connectivity index (χ4v) is 3.53. The first kappa shape index (κ1) is 17.6. The molecule has 1 heterocycles. The molecule has 0 saturated heterocycles. The summed E-state index contributed by atoms with van der Waals surface area (Å²) >= 11 is 0. The van der Waals surface area contributed by atoms with Gasteiger partial charge in [-0.25, -0.2) is 18.8 Å². The van der Waals surface area contributed by atoms with Gasteiger partial charge in [-0.2, -0.15) is 0 Å². The van der Waals surface area contributed by atoms with Crippen LogP contribution in [0.3, 0.4) is 0 Å². The molecule has 1 aromatic heterocycles. The van der Waals surface area contributed by atoms with Crippen LogP contribution in [0, 0.1) is 4.78 Å². The predicted octanol–water partition coefficient (Wildman–Crippen LogP) is 3.82. The van der Waals surface area contributed by atoms with Crippen LogP contribution in [0.4, 0.5) is 0 Å². The van der Waals surface area contributed by atoms with E-state index in [9.17, 15) is 9.00 Å². The number of carboxylic acids is 1. The van der Waals surface area contributed by atoms with Crippen LogP contribution in [-0.2, 0) is 16.3 Å². The van der Waals surface area contributed by atoms with Crippen molar-refractivity contribution in [3.8, 4) is 5.88 Å². The maximum atomic E-state index is 12.8. The SMILES string of the molecule is N=S(=O)(c1ccc(C(=O)O)cc1)c1ccc(OCc2ccccc2)nc1. The van der Waals surface area contributed by atoms with Crippen LogP contribution in [0.2, 0.25) is 0 Å². The Balaban J connectivity index is 1.75. The Kier molecular flexibility index (Phi) is 4.99. The van der Waals surface area contributed by atoms with E-state index < -0.39 is 15.7 Å². The second kappa shape index (κ2) is 7.37. The normalized spacial score (nSPS) is 12.9. The number of hydrogen-bond acceptors (Lipinski definition) is 5. The molecule has 132 valence electrons. The molecule has 0 fully saturated rings. The lowest BCUT2D eigenvalue weighted by molar-refractivity contribution is 0.0697. The Morgan fingerprint density at radius 1 is 1.00 bits per heavy atom. The minimum absolute atomic E-state index is 0.0757. The van der Waals surface area contributed by atoms with Crippen molar-refractivity contribution in [1.29, 1.82) is 4.78 Å². The summed E-state index contributed by atoms with van der Waals surface area (Å²) in [6.07, 6.45) is 1.35. The van der Waals surface area contributed by atoms with Crippen LogP contribution in [0.15, 0.2) is 82.7 Å². The minimum atomic E-state index is -3.28. The number of carboxylic acid groups (broad SMARTS) is 1. The maximum absolute atomic E-state index is 12.8. The summed E-state index contributed by atoms with van der Waals surface area (Å²) in [5, 5.41) is 8.92. The zero-order valence-electron chi connectivity index (χ0n) is 13.7. The Labute approximate surface area is 151 Å². The molecule has 2 aromatic carbocycles. The Morgan fingerprint density at radius 2 is 1.65 bits per heavy atom. The van der Waals surface area contributed by atoms with Crippen LogP contribution < -0.4 is 4.74 Å². The quantitative estimate of drug-likeness (QED) is 0.689. The van der Waals surface area contributed by atoms with E-state index in [0.717, 1.165) is 5.56 Å². The second-order valence-corrected chi connectivity index (χ2v) is 7.55. The average Bonchev–Trinajstić information content (AvgIpc) is 2.67. The third-order valence-electron chi connectivity index (χ3n) is 3.70. The van der Waals surface area contributed by atoms with E-state index in [1.165, 1.54) is 36.5 Å². The topological polar surface area (TPSA) is 100 Å². The van der Waals surface area contributed by atoms with Gasteiger partial charge in [-0.05, 0) is 35.9 Å². The summed E-state index contributed by atoms with van der Waals surface area (Å²) in [7, 11) is -3.28. The standard InChI is InChI=1S/C19H16N2O4S/c20-26(24,16-8-6-15(7-9-16)19(22)23)17-10-11-18(21-12-17)25-13-14-4-2-1-3-5-14/h1-12,20H,13H2,(H,22,23). The summed E-state index contributed by atoms with van der Waals surface area (Å²) in [5.74, 6) is -0.705. The molecule has 0 spiro atoms. The van der Waals surface area contributed by atoms with E-state index in [2.05, 4.69) is 4.98 Å². The lowest BCUT2D eigenvalue weighted by Crippen LogP contribution is -2.03. The highest BCUT2D eigenvalue weighted by molar-refractivity contribution is 7.92. The lowest BCUT2D eigenvalue weighted by Gasteiger charge is -2.09. The molecule has 2 N–H and O–H groups in total. The van der Waals surface area contributed by atoms with E-state index in [-0.39, 0.29) is 15.4 Å². The molecule has 7 heteroatoms. The zero-order chi connectivity index (χ0) is 18.6. The monoisotopic (exact) mass is 368 g/mol. The van der Waals surface area contributed by atoms with Gasteiger partial charge in [-0.15, -0.1) is 0 Å². The van der Waals surface area contributed by atoms with E-state index in [1.54, 1.807) is 6.07 Å². The van der Waals surface area contributed by atoms with Crippen molar-refractivity contribution in [2.45, 2.75) is 16.4 Å². The van der Waals surface area contributed by atoms with Crippen molar-refractivity contribution in [2.24, 2.45) is 0 Å². The smallest absolute Gasteiger partial charge is 0.335 e. The molecule has 0 radical (unpaired) electrons. The molecular formula is C19H16N2O4S. The van der Waals surface area contributed by atoms with Crippen LogP contribution >= 0.6 is 0 Å². The zero-order valence-corrected chi connectivity index (χ0v) is 14.5. The van der Waals surface area contributed by atoms with Gasteiger partial charge >= 0.3 is 5.97 Å². The lowest BCUT2D eigenvalue weighted by atomic mass is 10.2. The number of hydrogen-bond donors (Lipinski definition) is 2. The molecule has 3 aromatic rings.